The lowest BCUT2D eigenvalue weighted by molar-refractivity contribution is 0.0635. The first-order chi connectivity index (χ1) is 11.8. The molecule has 0 aliphatic rings. The molecule has 1 heterocycles. The third-order valence-electron chi connectivity index (χ3n) is 3.49. The largest absolute Gasteiger partial charge is 0.444 e. The van der Waals surface area contributed by atoms with E-state index in [0.29, 0.717) is 5.82 Å². The predicted molar refractivity (Wildman–Crippen MR) is 104 cm³/mol. The molecule has 0 bridgehead atoms. The summed E-state index contributed by atoms with van der Waals surface area (Å²) >= 11 is 1.64. The molecule has 3 N–H and O–H groups in total. The lowest BCUT2D eigenvalue weighted by Crippen LogP contribution is -2.27. The number of nitrogens with zero attached hydrogens (tertiary/aromatic N) is 1. The molecule has 5 nitrogen and oxygen atoms in total. The van der Waals surface area contributed by atoms with Crippen molar-refractivity contribution < 1.29 is 9.53 Å². The van der Waals surface area contributed by atoms with Gasteiger partial charge in [-0.15, -0.1) is 11.8 Å². The van der Waals surface area contributed by atoms with Gasteiger partial charge in [0.1, 0.15) is 11.4 Å². The molecule has 0 spiro atoms. The maximum Gasteiger partial charge on any atom is 0.413 e. The Morgan fingerprint density at radius 3 is 2.68 bits per heavy atom. The monoisotopic (exact) mass is 359 g/mol. The van der Waals surface area contributed by atoms with Crippen molar-refractivity contribution in [2.75, 3.05) is 17.3 Å². The summed E-state index contributed by atoms with van der Waals surface area (Å²) in [5.74, 6) is 0.533. The van der Waals surface area contributed by atoms with Crippen molar-refractivity contribution in [1.29, 1.82) is 0 Å². The maximum absolute atomic E-state index is 12.0. The Morgan fingerprint density at radius 2 is 2.04 bits per heavy atom. The molecule has 134 valence electrons. The van der Waals surface area contributed by atoms with Gasteiger partial charge in [-0.05, 0) is 69.2 Å². The fraction of sp³-hybridized carbons (Fsp3) is 0.368. The van der Waals surface area contributed by atoms with Crippen molar-refractivity contribution >= 4 is 29.4 Å². The van der Waals surface area contributed by atoms with E-state index in [4.69, 9.17) is 10.5 Å². The highest BCUT2D eigenvalue weighted by atomic mass is 32.2. The average Bonchev–Trinajstić information content (AvgIpc) is 2.52. The van der Waals surface area contributed by atoms with Gasteiger partial charge in [0.15, 0.2) is 0 Å². The molecule has 0 saturated carbocycles. The maximum atomic E-state index is 12.0. The van der Waals surface area contributed by atoms with Crippen molar-refractivity contribution in [3.63, 3.8) is 0 Å². The van der Waals surface area contributed by atoms with E-state index in [-0.39, 0.29) is 0 Å². The summed E-state index contributed by atoms with van der Waals surface area (Å²) in [6, 6.07) is 9.95. The minimum Gasteiger partial charge on any atom is -0.444 e. The standard InChI is InChI=1S/C19H25N3O2S/c1-19(2,3)24-18(23)22-17-14(6-5-11-21-17)9-7-13-8-10-16(25-4)15(20)12-13/h5-6,8,10-12H,7,9,20H2,1-4H3,(H,21,22,23). The third-order valence-corrected chi connectivity index (χ3v) is 4.30. The highest BCUT2D eigenvalue weighted by Crippen LogP contribution is 2.24. The fourth-order valence-electron chi connectivity index (χ4n) is 2.37. The lowest BCUT2D eigenvalue weighted by Gasteiger charge is -2.20. The topological polar surface area (TPSA) is 77.2 Å². The van der Waals surface area contributed by atoms with Gasteiger partial charge < -0.3 is 10.5 Å². The van der Waals surface area contributed by atoms with Gasteiger partial charge in [-0.25, -0.2) is 9.78 Å². The number of carbonyl (C=O) groups excluding carboxylic acids is 1. The number of nitrogens with two attached hydrogens (primary N) is 1. The third kappa shape index (κ3) is 5.98. The van der Waals surface area contributed by atoms with Crippen LogP contribution in [0.2, 0.25) is 0 Å². The van der Waals surface area contributed by atoms with E-state index in [2.05, 4.69) is 16.4 Å². The smallest absolute Gasteiger partial charge is 0.413 e. The highest BCUT2D eigenvalue weighted by molar-refractivity contribution is 7.98. The first-order valence-electron chi connectivity index (χ1n) is 8.15. The van der Waals surface area contributed by atoms with Gasteiger partial charge in [-0.2, -0.15) is 0 Å². The Labute approximate surface area is 153 Å². The van der Waals surface area contributed by atoms with Crippen LogP contribution in [0.5, 0.6) is 0 Å². The summed E-state index contributed by atoms with van der Waals surface area (Å²) < 4.78 is 5.29. The van der Waals surface area contributed by atoms with Crippen molar-refractivity contribution in [3.05, 3.63) is 47.7 Å². The molecule has 25 heavy (non-hydrogen) atoms. The second-order valence-corrected chi connectivity index (χ2v) is 7.56. The van der Waals surface area contributed by atoms with Crippen LogP contribution in [-0.4, -0.2) is 22.9 Å². The van der Waals surface area contributed by atoms with Crippen LogP contribution in [0.15, 0.2) is 41.4 Å². The van der Waals surface area contributed by atoms with Crippen molar-refractivity contribution in [2.45, 2.75) is 44.1 Å². The summed E-state index contributed by atoms with van der Waals surface area (Å²) in [6.45, 7) is 5.48. The predicted octanol–water partition coefficient (Wildman–Crippen LogP) is 4.52. The molecule has 6 heteroatoms. The molecule has 2 rings (SSSR count). The number of aromatic nitrogens is 1. The molecule has 0 fully saturated rings. The molecule has 1 amide bonds. The molecule has 0 aliphatic heterocycles. The van der Waals surface area contributed by atoms with Gasteiger partial charge >= 0.3 is 6.09 Å². The number of hydrogen-bond donors (Lipinski definition) is 2. The number of thioether (sulfide) groups is 1. The van der Waals surface area contributed by atoms with E-state index in [1.165, 1.54) is 0 Å². The molecule has 0 atom stereocenters. The normalized spacial score (nSPS) is 11.2. The van der Waals surface area contributed by atoms with Crippen LogP contribution in [0.1, 0.15) is 31.9 Å². The zero-order valence-corrected chi connectivity index (χ0v) is 15.9. The summed E-state index contributed by atoms with van der Waals surface area (Å²) in [5, 5.41) is 2.73. The molecule has 0 unspecified atom stereocenters. The van der Waals surface area contributed by atoms with Crippen molar-refractivity contribution in [2.24, 2.45) is 0 Å². The van der Waals surface area contributed by atoms with Crippen LogP contribution >= 0.6 is 11.8 Å². The van der Waals surface area contributed by atoms with Crippen LogP contribution in [0.4, 0.5) is 16.3 Å². The van der Waals surface area contributed by atoms with Crippen molar-refractivity contribution in [3.8, 4) is 0 Å². The summed E-state index contributed by atoms with van der Waals surface area (Å²) in [5.41, 5.74) is 8.41. The number of ether oxygens (including phenoxy) is 1. The van der Waals surface area contributed by atoms with E-state index in [1.54, 1.807) is 18.0 Å². The summed E-state index contributed by atoms with van der Waals surface area (Å²) in [4.78, 5) is 17.3. The number of nitrogen functional groups attached to an aromatic ring is 1. The van der Waals surface area contributed by atoms with Gasteiger partial charge in [0, 0.05) is 16.8 Å². The fourth-order valence-corrected chi connectivity index (χ4v) is 2.87. The number of benzene rings is 1. The SMILES string of the molecule is CSc1ccc(CCc2cccnc2NC(=O)OC(C)(C)C)cc1N. The Balaban J connectivity index is 2.05. The van der Waals surface area contributed by atoms with E-state index >= 15 is 0 Å². The van der Waals surface area contributed by atoms with Crippen LogP contribution in [0.3, 0.4) is 0 Å². The van der Waals surface area contributed by atoms with Gasteiger partial charge in [0.25, 0.3) is 0 Å². The number of nitrogens with one attached hydrogen (secondary N) is 1. The zero-order chi connectivity index (χ0) is 18.4. The number of amides is 1. The second kappa shape index (κ2) is 8.25. The van der Waals surface area contributed by atoms with Gasteiger partial charge in [0.05, 0.1) is 0 Å². The minimum absolute atomic E-state index is 0.499. The molecule has 2 aromatic rings. The summed E-state index contributed by atoms with van der Waals surface area (Å²) in [6.07, 6.45) is 4.72. The van der Waals surface area contributed by atoms with Crippen LogP contribution < -0.4 is 11.1 Å². The second-order valence-electron chi connectivity index (χ2n) is 6.71. The Morgan fingerprint density at radius 1 is 1.28 bits per heavy atom. The first-order valence-corrected chi connectivity index (χ1v) is 9.37. The average molecular weight is 359 g/mol. The number of pyridine rings is 1. The highest BCUT2D eigenvalue weighted by Gasteiger charge is 2.17. The zero-order valence-electron chi connectivity index (χ0n) is 15.1. The Kier molecular flexibility index (Phi) is 6.31. The summed E-state index contributed by atoms with van der Waals surface area (Å²) in [7, 11) is 0. The van der Waals surface area contributed by atoms with E-state index in [1.807, 2.05) is 51.3 Å². The molecular formula is C19H25N3O2S. The van der Waals surface area contributed by atoms with E-state index < -0.39 is 11.7 Å². The molecule has 0 saturated heterocycles. The number of rotatable bonds is 5. The van der Waals surface area contributed by atoms with E-state index in [0.717, 1.165) is 34.6 Å². The number of anilines is 2. The molecular weight excluding hydrogens is 334 g/mol. The van der Waals surface area contributed by atoms with E-state index in [9.17, 15) is 4.79 Å². The van der Waals surface area contributed by atoms with Gasteiger partial charge in [-0.3, -0.25) is 5.32 Å². The Bertz CT molecular complexity index is 742. The van der Waals surface area contributed by atoms with Gasteiger partial charge in [0.2, 0.25) is 0 Å². The quantitative estimate of drug-likeness (QED) is 0.606. The van der Waals surface area contributed by atoms with Crippen LogP contribution in [0.25, 0.3) is 0 Å². The Hall–Kier alpha value is -2.21. The molecule has 0 radical (unpaired) electrons. The van der Waals surface area contributed by atoms with Crippen molar-refractivity contribution in [1.82, 2.24) is 4.98 Å². The molecule has 0 aliphatic carbocycles. The first kappa shape index (κ1) is 19.1. The number of aryl methyl sites for hydroxylation is 2. The number of carbonyl (C=O) groups is 1. The minimum atomic E-state index is -0.546. The van der Waals surface area contributed by atoms with Crippen LogP contribution in [-0.2, 0) is 17.6 Å². The van der Waals surface area contributed by atoms with Crippen LogP contribution in [0, 0.1) is 0 Å². The lowest BCUT2D eigenvalue weighted by atomic mass is 10.0. The number of hydrogen-bond acceptors (Lipinski definition) is 5. The molecule has 1 aromatic carbocycles. The van der Waals surface area contributed by atoms with Gasteiger partial charge in [-0.1, -0.05) is 12.1 Å². The molecule has 1 aromatic heterocycles.